The normalized spacial score (nSPS) is 20.0. The zero-order chi connectivity index (χ0) is 36.0. The first-order valence-corrected chi connectivity index (χ1v) is 17.1. The first-order chi connectivity index (χ1) is 23.7. The largest absolute Gasteiger partial charge is 0.504 e. The number of hydrogen-bond acceptors (Lipinski definition) is 17. The van der Waals surface area contributed by atoms with E-state index in [1.165, 1.54) is 47.0 Å². The van der Waals surface area contributed by atoms with Crippen LogP contribution in [-0.4, -0.2) is 105 Å². The Balaban J connectivity index is 1.17. The second-order valence-electron chi connectivity index (χ2n) is 10.8. The molecule has 0 spiro atoms. The van der Waals surface area contributed by atoms with Crippen molar-refractivity contribution >= 4 is 81.3 Å². The first kappa shape index (κ1) is 34.3. The van der Waals surface area contributed by atoms with Gasteiger partial charge in [0.1, 0.15) is 22.8 Å². The fourth-order valence-corrected chi connectivity index (χ4v) is 8.17. The van der Waals surface area contributed by atoms with Crippen molar-refractivity contribution in [3.8, 4) is 11.5 Å². The lowest BCUT2D eigenvalue weighted by Gasteiger charge is -2.49. The lowest BCUT2D eigenvalue weighted by Crippen LogP contribution is -2.71. The number of nitrogen functional groups attached to an aromatic ring is 1. The van der Waals surface area contributed by atoms with Crippen LogP contribution in [0, 0.1) is 6.92 Å². The number of aryl methyl sites for hydroxylation is 1. The summed E-state index contributed by atoms with van der Waals surface area (Å²) < 4.78 is 0. The van der Waals surface area contributed by atoms with Crippen LogP contribution in [0.1, 0.15) is 28.5 Å². The second kappa shape index (κ2) is 13.4. The number of amides is 3. The summed E-state index contributed by atoms with van der Waals surface area (Å²) in [5, 5.41) is 48.6. The van der Waals surface area contributed by atoms with Gasteiger partial charge >= 0.3 is 18.0 Å². The summed E-state index contributed by atoms with van der Waals surface area (Å²) in [7, 11) is 0. The van der Waals surface area contributed by atoms with Crippen LogP contribution >= 0.6 is 34.9 Å². The average Bonchev–Trinajstić information content (AvgIpc) is 3.70. The Morgan fingerprint density at radius 2 is 1.94 bits per heavy atom. The zero-order valence-electron chi connectivity index (χ0n) is 25.7. The maximum Gasteiger partial charge on any atom is 0.427 e. The van der Waals surface area contributed by atoms with E-state index in [4.69, 9.17) is 10.6 Å². The van der Waals surface area contributed by atoms with Gasteiger partial charge in [0.2, 0.25) is 0 Å². The number of carbonyl (C=O) groups is 5. The molecule has 0 saturated carbocycles. The van der Waals surface area contributed by atoms with Crippen molar-refractivity contribution in [2.24, 2.45) is 10.1 Å². The van der Waals surface area contributed by atoms with Gasteiger partial charge in [-0.3, -0.25) is 14.5 Å². The number of aromatic nitrogens is 1. The molecule has 22 heteroatoms. The van der Waals surface area contributed by atoms with E-state index in [1.807, 2.05) is 0 Å². The molecule has 0 radical (unpaired) electrons. The molecule has 2 atom stereocenters. The van der Waals surface area contributed by atoms with E-state index in [1.54, 1.807) is 13.0 Å². The van der Waals surface area contributed by atoms with E-state index in [2.05, 4.69) is 26.0 Å². The van der Waals surface area contributed by atoms with Gasteiger partial charge in [-0.1, -0.05) is 5.16 Å². The van der Waals surface area contributed by atoms with Crippen molar-refractivity contribution in [3.05, 3.63) is 68.7 Å². The van der Waals surface area contributed by atoms with Crippen molar-refractivity contribution in [1.82, 2.24) is 30.8 Å². The number of thioether (sulfide) groups is 2. The molecule has 0 bridgehead atoms. The summed E-state index contributed by atoms with van der Waals surface area (Å²) in [6.07, 6.45) is 1.73. The van der Waals surface area contributed by atoms with E-state index < -0.39 is 58.5 Å². The lowest BCUT2D eigenvalue weighted by atomic mass is 10.0. The molecule has 3 amide bonds. The Labute approximate surface area is 293 Å². The number of aromatic hydroxyl groups is 2. The number of nitrogens with two attached hydrogens (primary N) is 1. The summed E-state index contributed by atoms with van der Waals surface area (Å²) in [6.45, 7) is 3.20. The van der Waals surface area contributed by atoms with Crippen molar-refractivity contribution in [2.45, 2.75) is 25.3 Å². The fraction of sp³-hybridized carbons (Fsp3) is 0.214. The smallest absolute Gasteiger partial charge is 0.427 e. The maximum atomic E-state index is 13.5. The summed E-state index contributed by atoms with van der Waals surface area (Å²) in [6, 6.07) is 0.935. The van der Waals surface area contributed by atoms with Gasteiger partial charge in [-0.15, -0.1) is 40.4 Å². The number of thiazole rings is 1. The molecule has 0 aliphatic carbocycles. The van der Waals surface area contributed by atoms with Gasteiger partial charge in [0.15, 0.2) is 28.2 Å². The molecular weight excluding hydrogens is 719 g/mol. The van der Waals surface area contributed by atoms with Crippen LogP contribution in [-0.2, 0) is 19.2 Å². The highest BCUT2D eigenvalue weighted by molar-refractivity contribution is 8.03. The third kappa shape index (κ3) is 6.43. The van der Waals surface area contributed by atoms with Gasteiger partial charge in [-0.25, -0.2) is 29.4 Å². The standard InChI is InChI=1S/C28H25N9O10S3/c1-10-3-15(38)16(39)5-13(10)26(44)47-33-19(14-9-50-27(29)31-14)22(40)32-20-23(41)36-21(25(42)43)12(8-49-24(20)36)7-48-18-4-11(2)30-17-6-35(28(45)46)34-37(17)18/h3-6,9,20,24,34,38-39H,7-8H2,1-2H3,(H2,29,31)(H,32,40)(H,42,43)(H,45,46)/t20-,24-/m1/s1. The number of fused-ring (bicyclic) bond motifs is 2. The molecule has 1 fully saturated rings. The first-order valence-electron chi connectivity index (χ1n) is 14.2. The quantitative estimate of drug-likeness (QED) is 0.0627. The number of carboxylic acid groups (broad SMARTS) is 2. The van der Waals surface area contributed by atoms with E-state index in [0.29, 0.717) is 22.1 Å². The number of benzene rings is 1. The SMILES string of the molecule is CC1=NC2=CN(C(=O)O)NN2C(SCC2=C(C(=O)O)N3C(=O)[C@@H](NC(=O)C(=NOC(=O)c4cc(O)c(O)cc4C)c4csc(N)n4)[C@H]3SC2)=C1. The van der Waals surface area contributed by atoms with Crippen LogP contribution in [0.15, 0.2) is 62.1 Å². The number of rotatable bonds is 9. The number of aliphatic carboxylic acids is 1. The summed E-state index contributed by atoms with van der Waals surface area (Å²) in [5.41, 5.74) is 8.71. The van der Waals surface area contributed by atoms with Crippen LogP contribution in [0.25, 0.3) is 0 Å². The monoisotopic (exact) mass is 743 g/mol. The highest BCUT2D eigenvalue weighted by Gasteiger charge is 2.54. The second-order valence-corrected chi connectivity index (χ2v) is 13.8. The van der Waals surface area contributed by atoms with Crippen molar-refractivity contribution in [3.63, 3.8) is 0 Å². The van der Waals surface area contributed by atoms with Gasteiger partial charge in [-0.2, -0.15) is 5.01 Å². The molecule has 6 rings (SSSR count). The molecule has 1 aromatic heterocycles. The number of phenols is 2. The highest BCUT2D eigenvalue weighted by atomic mass is 32.2. The van der Waals surface area contributed by atoms with Gasteiger partial charge in [0.05, 0.1) is 16.8 Å². The van der Waals surface area contributed by atoms with E-state index in [0.717, 1.165) is 33.4 Å². The third-order valence-corrected chi connectivity index (χ3v) is 10.5. The van der Waals surface area contributed by atoms with Crippen molar-refractivity contribution in [1.29, 1.82) is 0 Å². The van der Waals surface area contributed by atoms with Gasteiger partial charge in [-0.05, 0) is 43.2 Å². The number of hydrogen-bond donors (Lipinski definition) is 7. The number of hydrazine groups is 2. The molecule has 50 heavy (non-hydrogen) atoms. The van der Waals surface area contributed by atoms with E-state index in [9.17, 15) is 44.4 Å². The number of anilines is 1. The van der Waals surface area contributed by atoms with Crippen LogP contribution in [0.4, 0.5) is 9.93 Å². The van der Waals surface area contributed by atoms with E-state index in [-0.39, 0.29) is 39.2 Å². The van der Waals surface area contributed by atoms with Crippen molar-refractivity contribution < 1.29 is 49.2 Å². The minimum absolute atomic E-state index is 0.0669. The average molecular weight is 744 g/mol. The number of carbonyl (C=O) groups excluding carboxylic acids is 3. The Kier molecular flexibility index (Phi) is 9.17. The molecule has 1 aromatic carbocycles. The summed E-state index contributed by atoms with van der Waals surface area (Å²) in [5.74, 6) is -4.48. The molecule has 8 N–H and O–H groups in total. The number of nitrogens with zero attached hydrogens (tertiary/aromatic N) is 6. The number of aliphatic imine (C=N–C) groups is 1. The highest BCUT2D eigenvalue weighted by Crippen LogP contribution is 2.42. The van der Waals surface area contributed by atoms with Crippen molar-refractivity contribution in [2.75, 3.05) is 17.2 Å². The third-order valence-electron chi connectivity index (χ3n) is 7.40. The van der Waals surface area contributed by atoms with Crippen LogP contribution < -0.4 is 16.6 Å². The maximum absolute atomic E-state index is 13.5. The fourth-order valence-electron chi connectivity index (χ4n) is 5.07. The van der Waals surface area contributed by atoms with Crippen LogP contribution in [0.2, 0.25) is 0 Å². The summed E-state index contributed by atoms with van der Waals surface area (Å²) >= 11 is 3.41. The predicted octanol–water partition coefficient (Wildman–Crippen LogP) is 1.31. The number of allylic oxidation sites excluding steroid dienone is 1. The minimum atomic E-state index is -1.35. The number of phenolic OH excluding ortho intramolecular Hbond substituents is 2. The number of nitrogens with one attached hydrogen (secondary N) is 2. The van der Waals surface area contributed by atoms with Crippen LogP contribution in [0.3, 0.4) is 0 Å². The molecule has 5 heterocycles. The molecule has 2 aromatic rings. The molecule has 260 valence electrons. The number of oxime groups is 1. The molecule has 0 unspecified atom stereocenters. The zero-order valence-corrected chi connectivity index (χ0v) is 28.1. The van der Waals surface area contributed by atoms with Gasteiger partial charge < -0.3 is 36.3 Å². The Morgan fingerprint density at radius 1 is 1.20 bits per heavy atom. The number of carboxylic acids is 1. The molecule has 1 saturated heterocycles. The lowest BCUT2D eigenvalue weighted by molar-refractivity contribution is -0.150. The number of β-lactam (4-membered cyclic amide) rings is 1. The van der Waals surface area contributed by atoms with Crippen LogP contribution in [0.5, 0.6) is 11.5 Å². The Hall–Kier alpha value is -5.58. The predicted molar refractivity (Wildman–Crippen MR) is 179 cm³/mol. The molecule has 19 nitrogen and oxygen atoms in total. The van der Waals surface area contributed by atoms with E-state index >= 15 is 0 Å². The Morgan fingerprint density at radius 3 is 2.62 bits per heavy atom. The van der Waals surface area contributed by atoms with Gasteiger partial charge in [0, 0.05) is 22.6 Å². The van der Waals surface area contributed by atoms with Gasteiger partial charge in [0.25, 0.3) is 11.8 Å². The minimum Gasteiger partial charge on any atom is -0.504 e. The molecule has 4 aliphatic rings. The Bertz CT molecular complexity index is 2020. The molecular formula is C28H25N9O10S3. The topological polar surface area (TPSA) is 273 Å². The summed E-state index contributed by atoms with van der Waals surface area (Å²) in [4.78, 5) is 77.9. The molecule has 4 aliphatic heterocycles.